The van der Waals surface area contributed by atoms with Crippen molar-refractivity contribution in [2.24, 2.45) is 5.73 Å². The van der Waals surface area contributed by atoms with E-state index in [0.717, 1.165) is 0 Å². The Bertz CT molecular complexity index is 293. The molecule has 1 aromatic carbocycles. The highest BCUT2D eigenvalue weighted by Gasteiger charge is 2.25. The van der Waals surface area contributed by atoms with Gasteiger partial charge in [-0.1, -0.05) is 30.7 Å². The summed E-state index contributed by atoms with van der Waals surface area (Å²) in [6.07, 6.45) is 3.76. The summed E-state index contributed by atoms with van der Waals surface area (Å²) < 4.78 is 0. The zero-order chi connectivity index (χ0) is 9.26. The molecule has 2 rings (SSSR count). The van der Waals surface area contributed by atoms with Crippen LogP contribution in [0.5, 0.6) is 0 Å². The first-order chi connectivity index (χ1) is 6.29. The van der Waals surface area contributed by atoms with Crippen LogP contribution in [0.4, 0.5) is 0 Å². The maximum Gasteiger partial charge on any atom is 0.0108 e. The molecule has 2 N–H and O–H groups in total. The SMILES string of the molecule is Cc1ccccc1C1CCCC1N. The molecular weight excluding hydrogens is 158 g/mol. The lowest BCUT2D eigenvalue weighted by Crippen LogP contribution is -2.23. The molecule has 1 heteroatoms. The van der Waals surface area contributed by atoms with Crippen LogP contribution in [0.3, 0.4) is 0 Å². The lowest BCUT2D eigenvalue weighted by atomic mass is 9.91. The molecule has 1 fully saturated rings. The number of rotatable bonds is 1. The van der Waals surface area contributed by atoms with Gasteiger partial charge in [0.15, 0.2) is 0 Å². The van der Waals surface area contributed by atoms with Crippen molar-refractivity contribution in [3.8, 4) is 0 Å². The van der Waals surface area contributed by atoms with E-state index in [4.69, 9.17) is 5.73 Å². The molecule has 0 bridgehead atoms. The summed E-state index contributed by atoms with van der Waals surface area (Å²) in [4.78, 5) is 0. The Kier molecular flexibility index (Phi) is 2.36. The fourth-order valence-electron chi connectivity index (χ4n) is 2.38. The molecule has 70 valence electrons. The summed E-state index contributed by atoms with van der Waals surface area (Å²) in [5.41, 5.74) is 8.94. The highest BCUT2D eigenvalue weighted by Crippen LogP contribution is 2.34. The standard InChI is InChI=1S/C12H17N/c1-9-5-2-3-6-10(9)11-7-4-8-12(11)13/h2-3,5-6,11-12H,4,7-8,13H2,1H3. The van der Waals surface area contributed by atoms with Crippen molar-refractivity contribution in [1.29, 1.82) is 0 Å². The average molecular weight is 175 g/mol. The third-order valence-electron chi connectivity index (χ3n) is 3.16. The van der Waals surface area contributed by atoms with Crippen LogP contribution in [0.2, 0.25) is 0 Å². The first-order valence-electron chi connectivity index (χ1n) is 5.10. The van der Waals surface area contributed by atoms with Crippen molar-refractivity contribution < 1.29 is 0 Å². The molecule has 1 aliphatic carbocycles. The third kappa shape index (κ3) is 1.61. The van der Waals surface area contributed by atoms with Gasteiger partial charge in [-0.25, -0.2) is 0 Å². The molecule has 0 heterocycles. The van der Waals surface area contributed by atoms with Gasteiger partial charge < -0.3 is 5.73 Å². The van der Waals surface area contributed by atoms with E-state index in [9.17, 15) is 0 Å². The molecule has 1 nitrogen and oxygen atoms in total. The predicted octanol–water partition coefficient (Wildman–Crippen LogP) is 2.59. The quantitative estimate of drug-likeness (QED) is 0.697. The van der Waals surface area contributed by atoms with Crippen LogP contribution in [0.25, 0.3) is 0 Å². The second-order valence-electron chi connectivity index (χ2n) is 4.06. The predicted molar refractivity (Wildman–Crippen MR) is 55.7 cm³/mol. The van der Waals surface area contributed by atoms with Gasteiger partial charge in [0, 0.05) is 6.04 Å². The molecule has 1 aliphatic rings. The lowest BCUT2D eigenvalue weighted by molar-refractivity contribution is 0.610. The molecule has 1 saturated carbocycles. The number of nitrogens with two attached hydrogens (primary N) is 1. The molecule has 0 spiro atoms. The van der Waals surface area contributed by atoms with E-state index in [1.165, 1.54) is 30.4 Å². The van der Waals surface area contributed by atoms with Crippen molar-refractivity contribution in [2.75, 3.05) is 0 Å². The minimum absolute atomic E-state index is 0.390. The maximum atomic E-state index is 6.08. The first-order valence-corrected chi connectivity index (χ1v) is 5.10. The van der Waals surface area contributed by atoms with Gasteiger partial charge in [0.1, 0.15) is 0 Å². The highest BCUT2D eigenvalue weighted by molar-refractivity contribution is 5.31. The Hall–Kier alpha value is -0.820. The van der Waals surface area contributed by atoms with E-state index in [1.54, 1.807) is 0 Å². The van der Waals surface area contributed by atoms with E-state index in [1.807, 2.05) is 0 Å². The van der Waals surface area contributed by atoms with Gasteiger partial charge in [-0.05, 0) is 36.8 Å². The Morgan fingerprint density at radius 1 is 1.23 bits per heavy atom. The molecule has 13 heavy (non-hydrogen) atoms. The van der Waals surface area contributed by atoms with Crippen LogP contribution >= 0.6 is 0 Å². The third-order valence-corrected chi connectivity index (χ3v) is 3.16. The molecule has 0 aromatic heterocycles. The van der Waals surface area contributed by atoms with Gasteiger partial charge in [-0.15, -0.1) is 0 Å². The summed E-state index contributed by atoms with van der Waals surface area (Å²) in [7, 11) is 0. The van der Waals surface area contributed by atoms with Crippen LogP contribution < -0.4 is 5.73 Å². The van der Waals surface area contributed by atoms with Gasteiger partial charge >= 0.3 is 0 Å². The number of benzene rings is 1. The molecule has 1 aromatic rings. The Morgan fingerprint density at radius 2 is 2.00 bits per heavy atom. The molecule has 0 aliphatic heterocycles. The zero-order valence-corrected chi connectivity index (χ0v) is 8.16. The Balaban J connectivity index is 2.29. The Morgan fingerprint density at radius 3 is 2.62 bits per heavy atom. The maximum absolute atomic E-state index is 6.08. The van der Waals surface area contributed by atoms with Crippen LogP contribution in [0, 0.1) is 6.92 Å². The molecule has 0 amide bonds. The summed E-state index contributed by atoms with van der Waals surface area (Å²) in [5, 5.41) is 0. The van der Waals surface area contributed by atoms with E-state index in [0.29, 0.717) is 12.0 Å². The van der Waals surface area contributed by atoms with Crippen LogP contribution in [-0.4, -0.2) is 6.04 Å². The van der Waals surface area contributed by atoms with Crippen LogP contribution in [-0.2, 0) is 0 Å². The van der Waals surface area contributed by atoms with Gasteiger partial charge in [-0.3, -0.25) is 0 Å². The van der Waals surface area contributed by atoms with E-state index < -0.39 is 0 Å². The largest absolute Gasteiger partial charge is 0.327 e. The summed E-state index contributed by atoms with van der Waals surface area (Å²) >= 11 is 0. The van der Waals surface area contributed by atoms with Gasteiger partial charge in [0.2, 0.25) is 0 Å². The zero-order valence-electron chi connectivity index (χ0n) is 8.16. The summed E-state index contributed by atoms with van der Waals surface area (Å²) in [5.74, 6) is 0.612. The molecule has 0 saturated heterocycles. The van der Waals surface area contributed by atoms with Crippen molar-refractivity contribution in [3.05, 3.63) is 35.4 Å². The normalized spacial score (nSPS) is 27.8. The van der Waals surface area contributed by atoms with E-state index in [2.05, 4.69) is 31.2 Å². The molecule has 2 unspecified atom stereocenters. The monoisotopic (exact) mass is 175 g/mol. The van der Waals surface area contributed by atoms with Crippen LogP contribution in [0.1, 0.15) is 36.3 Å². The number of hydrogen-bond acceptors (Lipinski definition) is 1. The van der Waals surface area contributed by atoms with Gasteiger partial charge in [0.05, 0.1) is 0 Å². The summed E-state index contributed by atoms with van der Waals surface area (Å²) in [6, 6.07) is 9.01. The van der Waals surface area contributed by atoms with Gasteiger partial charge in [-0.2, -0.15) is 0 Å². The minimum Gasteiger partial charge on any atom is -0.327 e. The number of aryl methyl sites for hydroxylation is 1. The Labute approximate surface area is 80.0 Å². The van der Waals surface area contributed by atoms with Crippen molar-refractivity contribution in [3.63, 3.8) is 0 Å². The van der Waals surface area contributed by atoms with Crippen molar-refractivity contribution in [1.82, 2.24) is 0 Å². The smallest absolute Gasteiger partial charge is 0.0108 e. The number of hydrogen-bond donors (Lipinski definition) is 1. The average Bonchev–Trinajstić information content (AvgIpc) is 2.52. The van der Waals surface area contributed by atoms with Crippen molar-refractivity contribution in [2.45, 2.75) is 38.1 Å². The molecule has 0 radical (unpaired) electrons. The van der Waals surface area contributed by atoms with E-state index >= 15 is 0 Å². The fourth-order valence-corrected chi connectivity index (χ4v) is 2.38. The molecule has 2 atom stereocenters. The second-order valence-corrected chi connectivity index (χ2v) is 4.06. The first kappa shape index (κ1) is 8.76. The lowest BCUT2D eigenvalue weighted by Gasteiger charge is -2.17. The van der Waals surface area contributed by atoms with Crippen molar-refractivity contribution >= 4 is 0 Å². The molecular formula is C12H17N. The van der Waals surface area contributed by atoms with E-state index in [-0.39, 0.29) is 0 Å². The topological polar surface area (TPSA) is 26.0 Å². The summed E-state index contributed by atoms with van der Waals surface area (Å²) in [6.45, 7) is 2.18. The highest BCUT2D eigenvalue weighted by atomic mass is 14.7. The fraction of sp³-hybridized carbons (Fsp3) is 0.500. The van der Waals surface area contributed by atoms with Gasteiger partial charge in [0.25, 0.3) is 0 Å². The minimum atomic E-state index is 0.390. The second kappa shape index (κ2) is 3.51. The van der Waals surface area contributed by atoms with Crippen LogP contribution in [0.15, 0.2) is 24.3 Å².